The molecule has 2 aliphatic rings. The molecule has 2 N–H and O–H groups in total. The fraction of sp³-hybridized carbons (Fsp3) is 0.412. The molecule has 1 saturated carbocycles. The summed E-state index contributed by atoms with van der Waals surface area (Å²) in [5, 5.41) is 20.0. The molecule has 0 unspecified atom stereocenters. The van der Waals surface area contributed by atoms with Crippen molar-refractivity contribution in [3.8, 4) is 0 Å². The van der Waals surface area contributed by atoms with Gasteiger partial charge in [0.05, 0.1) is 11.2 Å². The first-order chi connectivity index (χ1) is 12.0. The molecule has 2 heterocycles. The van der Waals surface area contributed by atoms with Crippen molar-refractivity contribution in [2.45, 2.75) is 18.9 Å². The second-order valence-corrected chi connectivity index (χ2v) is 6.58. The van der Waals surface area contributed by atoms with E-state index in [9.17, 15) is 24.3 Å². The highest BCUT2D eigenvalue weighted by molar-refractivity contribution is 5.93. The molecule has 132 valence electrons. The summed E-state index contributed by atoms with van der Waals surface area (Å²) >= 11 is 0. The molecule has 8 heteroatoms. The van der Waals surface area contributed by atoms with Crippen LogP contribution in [0.1, 0.15) is 29.2 Å². The number of piperazine rings is 1. The molecular formula is C17H18FN3O4. The van der Waals surface area contributed by atoms with Crippen molar-refractivity contribution in [3.05, 3.63) is 39.9 Å². The zero-order valence-electron chi connectivity index (χ0n) is 13.5. The summed E-state index contributed by atoms with van der Waals surface area (Å²) in [7, 11) is 0. The van der Waals surface area contributed by atoms with E-state index in [1.54, 1.807) is 10.6 Å². The van der Waals surface area contributed by atoms with Crippen LogP contribution in [0.2, 0.25) is 0 Å². The fourth-order valence-electron chi connectivity index (χ4n) is 3.34. The van der Waals surface area contributed by atoms with Crippen molar-refractivity contribution in [1.82, 2.24) is 9.63 Å². The second-order valence-electron chi connectivity index (χ2n) is 6.58. The van der Waals surface area contributed by atoms with Gasteiger partial charge < -0.3 is 19.8 Å². The first-order valence-electron chi connectivity index (χ1n) is 8.26. The van der Waals surface area contributed by atoms with E-state index < -0.39 is 17.2 Å². The van der Waals surface area contributed by atoms with E-state index >= 15 is 0 Å². The van der Waals surface area contributed by atoms with Gasteiger partial charge >= 0.3 is 5.97 Å². The van der Waals surface area contributed by atoms with Gasteiger partial charge in [0.2, 0.25) is 5.43 Å². The number of carboxylic acids is 1. The molecule has 4 rings (SSSR count). The predicted octanol–water partition coefficient (Wildman–Crippen LogP) is 1.68. The van der Waals surface area contributed by atoms with Crippen LogP contribution in [0.3, 0.4) is 0 Å². The lowest BCUT2D eigenvalue weighted by molar-refractivity contribution is -0.0936. The number of rotatable bonds is 3. The second kappa shape index (κ2) is 5.82. The van der Waals surface area contributed by atoms with Crippen molar-refractivity contribution in [2.24, 2.45) is 0 Å². The highest BCUT2D eigenvalue weighted by atomic mass is 19.1. The Morgan fingerprint density at radius 2 is 1.84 bits per heavy atom. The van der Waals surface area contributed by atoms with Crippen molar-refractivity contribution in [1.29, 1.82) is 0 Å². The van der Waals surface area contributed by atoms with Crippen molar-refractivity contribution >= 4 is 22.6 Å². The van der Waals surface area contributed by atoms with Crippen LogP contribution in [-0.4, -0.2) is 52.1 Å². The third kappa shape index (κ3) is 2.77. The molecule has 2 fully saturated rings. The molecule has 0 spiro atoms. The number of aromatic nitrogens is 1. The van der Waals surface area contributed by atoms with Crippen LogP contribution in [0.4, 0.5) is 10.1 Å². The van der Waals surface area contributed by atoms with E-state index in [1.807, 2.05) is 4.90 Å². The molecule has 1 aromatic carbocycles. The normalized spacial score (nSPS) is 18.7. The lowest BCUT2D eigenvalue weighted by atomic mass is 10.1. The number of nitrogens with zero attached hydrogens (tertiary/aromatic N) is 3. The topological polar surface area (TPSA) is 86.0 Å². The smallest absolute Gasteiger partial charge is 0.341 e. The number of aromatic carboxylic acids is 1. The number of carbonyl (C=O) groups is 1. The Hall–Kier alpha value is -2.45. The molecule has 1 aliphatic heterocycles. The molecule has 0 radical (unpaired) electrons. The van der Waals surface area contributed by atoms with Gasteiger partial charge in [-0.1, -0.05) is 0 Å². The number of anilines is 1. The minimum atomic E-state index is -1.30. The summed E-state index contributed by atoms with van der Waals surface area (Å²) in [5.74, 6) is -1.86. The predicted molar refractivity (Wildman–Crippen MR) is 89.0 cm³/mol. The molecule has 1 aliphatic carbocycles. The zero-order valence-corrected chi connectivity index (χ0v) is 13.5. The number of hydrogen-bond donors (Lipinski definition) is 2. The van der Waals surface area contributed by atoms with Crippen molar-refractivity contribution < 1.29 is 19.5 Å². The van der Waals surface area contributed by atoms with Crippen LogP contribution in [0.15, 0.2) is 23.1 Å². The Balaban J connectivity index is 1.90. The third-order valence-electron chi connectivity index (χ3n) is 4.87. The average Bonchev–Trinajstić information content (AvgIpc) is 3.41. The van der Waals surface area contributed by atoms with Crippen LogP contribution in [-0.2, 0) is 0 Å². The molecule has 1 saturated heterocycles. The van der Waals surface area contributed by atoms with Gasteiger partial charge in [-0.05, 0) is 25.0 Å². The van der Waals surface area contributed by atoms with E-state index in [0.717, 1.165) is 18.9 Å². The van der Waals surface area contributed by atoms with Crippen LogP contribution in [0.25, 0.3) is 10.9 Å². The van der Waals surface area contributed by atoms with E-state index in [-0.39, 0.29) is 17.0 Å². The largest absolute Gasteiger partial charge is 0.477 e. The van der Waals surface area contributed by atoms with E-state index in [1.165, 1.54) is 11.3 Å². The van der Waals surface area contributed by atoms with Crippen LogP contribution in [0.5, 0.6) is 0 Å². The Morgan fingerprint density at radius 3 is 2.44 bits per heavy atom. The molecule has 25 heavy (non-hydrogen) atoms. The summed E-state index contributed by atoms with van der Waals surface area (Å²) < 4.78 is 16.4. The molecule has 7 nitrogen and oxygen atoms in total. The molecule has 0 bridgehead atoms. The van der Waals surface area contributed by atoms with Crippen molar-refractivity contribution in [3.63, 3.8) is 0 Å². The van der Waals surface area contributed by atoms with E-state index in [0.29, 0.717) is 37.4 Å². The highest BCUT2D eigenvalue weighted by Crippen LogP contribution is 2.38. The van der Waals surface area contributed by atoms with Crippen molar-refractivity contribution in [2.75, 3.05) is 31.1 Å². The highest BCUT2D eigenvalue weighted by Gasteiger charge is 2.28. The Labute approximate surface area is 142 Å². The van der Waals surface area contributed by atoms with Gasteiger partial charge in [-0.15, -0.1) is 0 Å². The number of benzene rings is 1. The number of halogens is 1. The maximum absolute atomic E-state index is 14.6. The number of fused-ring (bicyclic) bond motifs is 1. The summed E-state index contributed by atoms with van der Waals surface area (Å²) in [6.07, 6.45) is 3.19. The Bertz CT molecular complexity index is 914. The zero-order chi connectivity index (χ0) is 17.7. The summed E-state index contributed by atoms with van der Waals surface area (Å²) in [5.41, 5.74) is -0.0664. The van der Waals surface area contributed by atoms with Crippen LogP contribution in [0, 0.1) is 5.82 Å². The van der Waals surface area contributed by atoms with Gasteiger partial charge in [-0.25, -0.2) is 9.18 Å². The Kier molecular flexibility index (Phi) is 3.73. The molecule has 1 aromatic heterocycles. The van der Waals surface area contributed by atoms with E-state index in [4.69, 9.17) is 0 Å². The van der Waals surface area contributed by atoms with E-state index in [2.05, 4.69) is 0 Å². The van der Waals surface area contributed by atoms with Gasteiger partial charge in [-0.3, -0.25) is 4.79 Å². The number of hydrogen-bond acceptors (Lipinski definition) is 5. The quantitative estimate of drug-likeness (QED) is 0.879. The maximum Gasteiger partial charge on any atom is 0.341 e. The van der Waals surface area contributed by atoms with Gasteiger partial charge in [-0.2, -0.15) is 5.06 Å². The SMILES string of the molecule is O=C(O)c1cn(C2CC2)c2cc(N3CCN(O)CC3)c(F)cc2c1=O. The first kappa shape index (κ1) is 16.0. The first-order valence-corrected chi connectivity index (χ1v) is 8.26. The van der Waals surface area contributed by atoms with Crippen LogP contribution < -0.4 is 10.3 Å². The standard InChI is InChI=1S/C17H18FN3O4/c18-13-7-11-14(8-15(13)19-3-5-20(25)6-4-19)21(10-1-2-10)9-12(16(11)22)17(23)24/h7-10,25H,1-6H2,(H,23,24). The summed E-state index contributed by atoms with van der Waals surface area (Å²) in [4.78, 5) is 25.6. The number of carboxylic acid groups (broad SMARTS) is 1. The maximum atomic E-state index is 14.6. The van der Waals surface area contributed by atoms with Gasteiger partial charge in [0.1, 0.15) is 11.4 Å². The molecule has 0 amide bonds. The van der Waals surface area contributed by atoms with Gasteiger partial charge in [0, 0.05) is 43.8 Å². The molecule has 2 aromatic rings. The average molecular weight is 347 g/mol. The summed E-state index contributed by atoms with van der Waals surface area (Å²) in [6.45, 7) is 1.76. The minimum Gasteiger partial charge on any atom is -0.477 e. The number of hydroxylamine groups is 2. The fourth-order valence-corrected chi connectivity index (χ4v) is 3.34. The lowest BCUT2D eigenvalue weighted by Crippen LogP contribution is -2.45. The summed E-state index contributed by atoms with van der Waals surface area (Å²) in [6, 6.07) is 2.92. The molecule has 0 atom stereocenters. The van der Waals surface area contributed by atoms with Gasteiger partial charge in [0.15, 0.2) is 0 Å². The Morgan fingerprint density at radius 1 is 1.16 bits per heavy atom. The monoisotopic (exact) mass is 347 g/mol. The molecular weight excluding hydrogens is 329 g/mol. The van der Waals surface area contributed by atoms with Gasteiger partial charge in [0.25, 0.3) is 0 Å². The minimum absolute atomic E-state index is 0.0915. The number of pyridine rings is 1. The lowest BCUT2D eigenvalue weighted by Gasteiger charge is -2.33. The van der Waals surface area contributed by atoms with Crippen LogP contribution >= 0.6 is 0 Å². The third-order valence-corrected chi connectivity index (χ3v) is 4.87.